The number of carbonyl (C=O) groups is 1. The molecule has 1 aromatic rings. The maximum atomic E-state index is 10.9. The highest BCUT2D eigenvalue weighted by molar-refractivity contribution is 14.1. The van der Waals surface area contributed by atoms with Crippen molar-refractivity contribution < 1.29 is 9.90 Å². The molecule has 0 bridgehead atoms. The number of halogens is 2. The number of carboxylic acid groups (broad SMARTS) is 1. The lowest BCUT2D eigenvalue weighted by molar-refractivity contribution is -0.143. The summed E-state index contributed by atoms with van der Waals surface area (Å²) in [5.74, 6) is -1.04. The van der Waals surface area contributed by atoms with Gasteiger partial charge in [0.25, 0.3) is 0 Å². The first-order valence-electron chi connectivity index (χ1n) is 3.83. The molecule has 0 saturated carbocycles. The van der Waals surface area contributed by atoms with Crippen LogP contribution in [0.25, 0.3) is 0 Å². The van der Waals surface area contributed by atoms with Gasteiger partial charge in [0.15, 0.2) is 0 Å². The standard InChI is InChI=1S/C9H9BrINO2/c1-9(12,8(13)14)6-4-5(11)2-3-7(6)10/h2-4H,12H2,1H3,(H,13,14)/t9-/m0/s1. The molecule has 0 fully saturated rings. The van der Waals surface area contributed by atoms with Crippen molar-refractivity contribution in [3.63, 3.8) is 0 Å². The molecule has 1 atom stereocenters. The molecule has 76 valence electrons. The lowest BCUT2D eigenvalue weighted by atomic mass is 9.94. The molecule has 0 spiro atoms. The molecular formula is C9H9BrINO2. The summed E-state index contributed by atoms with van der Waals surface area (Å²) in [6.45, 7) is 1.48. The van der Waals surface area contributed by atoms with Crippen molar-refractivity contribution in [2.45, 2.75) is 12.5 Å². The third-order valence-electron chi connectivity index (χ3n) is 1.93. The van der Waals surface area contributed by atoms with Gasteiger partial charge in [0.2, 0.25) is 0 Å². The van der Waals surface area contributed by atoms with E-state index in [-0.39, 0.29) is 0 Å². The van der Waals surface area contributed by atoms with Crippen LogP contribution in [0.4, 0.5) is 0 Å². The van der Waals surface area contributed by atoms with Gasteiger partial charge in [-0.3, -0.25) is 0 Å². The van der Waals surface area contributed by atoms with Gasteiger partial charge in [-0.15, -0.1) is 0 Å². The van der Waals surface area contributed by atoms with E-state index in [1.165, 1.54) is 6.92 Å². The van der Waals surface area contributed by atoms with Crippen LogP contribution in [0.3, 0.4) is 0 Å². The Bertz CT molecular complexity index is 379. The maximum absolute atomic E-state index is 10.9. The molecule has 0 aliphatic heterocycles. The second kappa shape index (κ2) is 4.16. The van der Waals surface area contributed by atoms with Crippen molar-refractivity contribution in [2.75, 3.05) is 0 Å². The summed E-state index contributed by atoms with van der Waals surface area (Å²) in [5.41, 5.74) is 4.94. The average molecular weight is 370 g/mol. The fourth-order valence-corrected chi connectivity index (χ4v) is 2.16. The molecule has 5 heteroatoms. The van der Waals surface area contributed by atoms with E-state index in [1.807, 2.05) is 6.07 Å². The molecule has 3 nitrogen and oxygen atoms in total. The van der Waals surface area contributed by atoms with E-state index in [4.69, 9.17) is 10.8 Å². The molecular weight excluding hydrogens is 361 g/mol. The Hall–Kier alpha value is -0.140. The van der Waals surface area contributed by atoms with Gasteiger partial charge in [-0.2, -0.15) is 0 Å². The van der Waals surface area contributed by atoms with E-state index in [2.05, 4.69) is 38.5 Å². The summed E-state index contributed by atoms with van der Waals surface area (Å²) in [7, 11) is 0. The van der Waals surface area contributed by atoms with Crippen LogP contribution in [0.1, 0.15) is 12.5 Å². The van der Waals surface area contributed by atoms with Gasteiger partial charge in [0.1, 0.15) is 5.54 Å². The zero-order valence-electron chi connectivity index (χ0n) is 7.42. The predicted molar refractivity (Wildman–Crippen MR) is 66.0 cm³/mol. The topological polar surface area (TPSA) is 63.3 Å². The Balaban J connectivity index is 3.31. The highest BCUT2D eigenvalue weighted by atomic mass is 127. The summed E-state index contributed by atoms with van der Waals surface area (Å²) >= 11 is 5.40. The smallest absolute Gasteiger partial charge is 0.328 e. The molecule has 1 aromatic carbocycles. The number of hydrogen-bond donors (Lipinski definition) is 2. The van der Waals surface area contributed by atoms with Crippen molar-refractivity contribution in [3.05, 3.63) is 31.8 Å². The van der Waals surface area contributed by atoms with Crippen LogP contribution in [-0.2, 0) is 10.3 Å². The molecule has 0 aliphatic rings. The Kier molecular flexibility index (Phi) is 3.54. The van der Waals surface area contributed by atoms with Gasteiger partial charge in [-0.1, -0.05) is 15.9 Å². The summed E-state index contributed by atoms with van der Waals surface area (Å²) in [5, 5.41) is 8.96. The van der Waals surface area contributed by atoms with Crippen molar-refractivity contribution >= 4 is 44.5 Å². The van der Waals surface area contributed by atoms with Gasteiger partial charge < -0.3 is 10.8 Å². The summed E-state index contributed by atoms with van der Waals surface area (Å²) in [4.78, 5) is 10.9. The highest BCUT2D eigenvalue weighted by Gasteiger charge is 2.32. The SMILES string of the molecule is C[C@@](N)(C(=O)O)c1cc(I)ccc1Br. The Labute approximate surface area is 104 Å². The second-order valence-electron chi connectivity index (χ2n) is 3.13. The van der Waals surface area contributed by atoms with Crippen LogP contribution in [0.2, 0.25) is 0 Å². The molecule has 0 aromatic heterocycles. The van der Waals surface area contributed by atoms with Crippen molar-refractivity contribution in [1.82, 2.24) is 0 Å². The van der Waals surface area contributed by atoms with E-state index >= 15 is 0 Å². The lowest BCUT2D eigenvalue weighted by Gasteiger charge is -2.21. The number of hydrogen-bond acceptors (Lipinski definition) is 2. The van der Waals surface area contributed by atoms with Crippen LogP contribution >= 0.6 is 38.5 Å². The third kappa shape index (κ3) is 2.26. The number of nitrogens with two attached hydrogens (primary N) is 1. The van der Waals surface area contributed by atoms with Gasteiger partial charge in [-0.05, 0) is 53.3 Å². The number of rotatable bonds is 2. The predicted octanol–water partition coefficient (Wildman–Crippen LogP) is 2.31. The zero-order valence-corrected chi connectivity index (χ0v) is 11.2. The van der Waals surface area contributed by atoms with Crippen molar-refractivity contribution in [3.8, 4) is 0 Å². The van der Waals surface area contributed by atoms with E-state index in [1.54, 1.807) is 12.1 Å². The average Bonchev–Trinajstić information content (AvgIpc) is 2.08. The van der Waals surface area contributed by atoms with Crippen LogP contribution in [0.5, 0.6) is 0 Å². The molecule has 0 aliphatic carbocycles. The maximum Gasteiger partial charge on any atom is 0.328 e. The van der Waals surface area contributed by atoms with Crippen LogP contribution in [-0.4, -0.2) is 11.1 Å². The Morgan fingerprint density at radius 1 is 1.64 bits per heavy atom. The molecule has 0 amide bonds. The molecule has 0 unspecified atom stereocenters. The van der Waals surface area contributed by atoms with Gasteiger partial charge >= 0.3 is 5.97 Å². The van der Waals surface area contributed by atoms with Crippen LogP contribution < -0.4 is 5.73 Å². The molecule has 0 saturated heterocycles. The largest absolute Gasteiger partial charge is 0.480 e. The monoisotopic (exact) mass is 369 g/mol. The number of aliphatic carboxylic acids is 1. The summed E-state index contributed by atoms with van der Waals surface area (Å²) < 4.78 is 1.67. The van der Waals surface area contributed by atoms with Crippen LogP contribution in [0.15, 0.2) is 22.7 Å². The first-order valence-corrected chi connectivity index (χ1v) is 5.70. The Morgan fingerprint density at radius 3 is 2.71 bits per heavy atom. The van der Waals surface area contributed by atoms with Crippen molar-refractivity contribution in [2.24, 2.45) is 5.73 Å². The van der Waals surface area contributed by atoms with Gasteiger partial charge in [0.05, 0.1) is 0 Å². The first-order chi connectivity index (χ1) is 6.35. The van der Waals surface area contributed by atoms with E-state index in [0.717, 1.165) is 3.57 Å². The minimum atomic E-state index is -1.36. The second-order valence-corrected chi connectivity index (χ2v) is 5.23. The van der Waals surface area contributed by atoms with Crippen LogP contribution in [0, 0.1) is 3.57 Å². The molecule has 0 heterocycles. The molecule has 1 rings (SSSR count). The normalized spacial score (nSPS) is 14.9. The summed E-state index contributed by atoms with van der Waals surface area (Å²) in [6.07, 6.45) is 0. The number of carboxylic acids is 1. The van der Waals surface area contributed by atoms with Gasteiger partial charge in [-0.25, -0.2) is 4.79 Å². The fourth-order valence-electron chi connectivity index (χ4n) is 1.01. The summed E-state index contributed by atoms with van der Waals surface area (Å²) in [6, 6.07) is 5.44. The zero-order chi connectivity index (χ0) is 10.9. The minimum absolute atomic E-state index is 0.580. The van der Waals surface area contributed by atoms with E-state index < -0.39 is 11.5 Å². The molecule has 14 heavy (non-hydrogen) atoms. The molecule has 0 radical (unpaired) electrons. The third-order valence-corrected chi connectivity index (χ3v) is 3.29. The Morgan fingerprint density at radius 2 is 2.21 bits per heavy atom. The minimum Gasteiger partial charge on any atom is -0.480 e. The van der Waals surface area contributed by atoms with Crippen molar-refractivity contribution in [1.29, 1.82) is 0 Å². The quantitative estimate of drug-likeness (QED) is 0.786. The highest BCUT2D eigenvalue weighted by Crippen LogP contribution is 2.28. The first kappa shape index (κ1) is 11.9. The lowest BCUT2D eigenvalue weighted by Crippen LogP contribution is -2.42. The fraction of sp³-hybridized carbons (Fsp3) is 0.222. The van der Waals surface area contributed by atoms with E-state index in [9.17, 15) is 4.79 Å². The van der Waals surface area contributed by atoms with E-state index in [0.29, 0.717) is 10.0 Å². The van der Waals surface area contributed by atoms with Gasteiger partial charge in [0, 0.05) is 8.04 Å². The molecule has 3 N–H and O–H groups in total. The number of benzene rings is 1.